The molecule has 1 aliphatic rings. The first-order chi connectivity index (χ1) is 13.6. The fourth-order valence-corrected chi connectivity index (χ4v) is 3.57. The van der Waals surface area contributed by atoms with Crippen molar-refractivity contribution < 1.29 is 9.32 Å². The van der Waals surface area contributed by atoms with Crippen molar-refractivity contribution in [3.63, 3.8) is 0 Å². The first kappa shape index (κ1) is 18.4. The molecule has 6 nitrogen and oxygen atoms in total. The van der Waals surface area contributed by atoms with Gasteiger partial charge in [0.2, 0.25) is 5.91 Å². The van der Waals surface area contributed by atoms with E-state index in [2.05, 4.69) is 15.5 Å². The molecule has 0 fully saturated rings. The number of fused-ring (bicyclic) bond motifs is 3. The lowest BCUT2D eigenvalue weighted by atomic mass is 9.94. The third kappa shape index (κ3) is 3.31. The summed E-state index contributed by atoms with van der Waals surface area (Å²) in [6.45, 7) is 4.33. The number of carbonyl (C=O) groups is 1. The summed E-state index contributed by atoms with van der Waals surface area (Å²) in [5.74, 6) is 0.498. The predicted octanol–water partition coefficient (Wildman–Crippen LogP) is 4.12. The molecule has 1 N–H and O–H groups in total. The number of halogens is 1. The molecule has 0 radical (unpaired) electrons. The number of hydrogen-bond acceptors (Lipinski definition) is 5. The zero-order chi connectivity index (χ0) is 19.7. The number of nitrogens with one attached hydrogen (secondary N) is 1. The van der Waals surface area contributed by atoms with Gasteiger partial charge in [-0.2, -0.15) is 0 Å². The second-order valence-electron chi connectivity index (χ2n) is 6.59. The molecule has 0 saturated carbocycles. The Morgan fingerprint density at radius 2 is 2.00 bits per heavy atom. The van der Waals surface area contributed by atoms with Gasteiger partial charge in [-0.05, 0) is 32.0 Å². The minimum atomic E-state index is -0.485. The van der Waals surface area contributed by atoms with E-state index in [1.807, 2.05) is 44.2 Å². The van der Waals surface area contributed by atoms with E-state index in [-0.39, 0.29) is 12.3 Å². The Kier molecular flexibility index (Phi) is 4.96. The highest BCUT2D eigenvalue weighted by Crippen LogP contribution is 2.40. The van der Waals surface area contributed by atoms with E-state index in [0.717, 1.165) is 33.7 Å². The van der Waals surface area contributed by atoms with E-state index in [4.69, 9.17) is 21.1 Å². The maximum absolute atomic E-state index is 12.3. The van der Waals surface area contributed by atoms with Gasteiger partial charge in [0.05, 0.1) is 23.4 Å². The predicted molar refractivity (Wildman–Crippen MR) is 108 cm³/mol. The van der Waals surface area contributed by atoms with Crippen LogP contribution in [0.15, 0.2) is 52.2 Å². The van der Waals surface area contributed by atoms with Crippen molar-refractivity contribution in [2.45, 2.75) is 26.3 Å². The maximum atomic E-state index is 12.3. The van der Waals surface area contributed by atoms with Gasteiger partial charge in [-0.3, -0.25) is 14.8 Å². The number of rotatable bonds is 4. The minimum absolute atomic E-state index is 0.0872. The molecule has 28 heavy (non-hydrogen) atoms. The highest BCUT2D eigenvalue weighted by Gasteiger charge is 2.31. The fraction of sp³-hybridized carbons (Fsp3) is 0.238. The number of aryl methyl sites for hydroxylation is 1. The van der Waals surface area contributed by atoms with Gasteiger partial charge in [0.25, 0.3) is 0 Å². The first-order valence-corrected chi connectivity index (χ1v) is 9.47. The zero-order valence-corrected chi connectivity index (χ0v) is 16.3. The summed E-state index contributed by atoms with van der Waals surface area (Å²) >= 11 is 6.07. The minimum Gasteiger partial charge on any atom is -0.358 e. The second-order valence-corrected chi connectivity index (χ2v) is 7.02. The molecule has 1 aromatic carbocycles. The summed E-state index contributed by atoms with van der Waals surface area (Å²) in [5, 5.41) is 7.62. The number of aromatic nitrogens is 2. The van der Waals surface area contributed by atoms with Gasteiger partial charge in [-0.25, -0.2) is 0 Å². The van der Waals surface area contributed by atoms with E-state index in [1.54, 1.807) is 12.4 Å². The number of nitrogens with zero attached hydrogens (tertiary/aromatic N) is 3. The summed E-state index contributed by atoms with van der Waals surface area (Å²) in [6, 6.07) is 8.94. The smallest absolute Gasteiger partial charge is 0.222 e. The molecule has 3 aromatic rings. The zero-order valence-electron chi connectivity index (χ0n) is 15.6. The number of amides is 1. The van der Waals surface area contributed by atoms with Crippen molar-refractivity contribution in [2.24, 2.45) is 4.99 Å². The summed E-state index contributed by atoms with van der Waals surface area (Å²) in [4.78, 5) is 21.6. The van der Waals surface area contributed by atoms with Crippen molar-refractivity contribution in [2.75, 3.05) is 6.54 Å². The van der Waals surface area contributed by atoms with Gasteiger partial charge in [0.15, 0.2) is 5.76 Å². The summed E-state index contributed by atoms with van der Waals surface area (Å²) < 4.78 is 5.63. The molecule has 2 aromatic heterocycles. The van der Waals surface area contributed by atoms with Crippen molar-refractivity contribution in [3.05, 3.63) is 70.3 Å². The molecule has 0 aliphatic carbocycles. The van der Waals surface area contributed by atoms with E-state index >= 15 is 0 Å². The van der Waals surface area contributed by atoms with Crippen molar-refractivity contribution in [1.29, 1.82) is 0 Å². The Bertz CT molecular complexity index is 1060. The Labute approximate surface area is 167 Å². The van der Waals surface area contributed by atoms with Gasteiger partial charge in [0.1, 0.15) is 6.04 Å². The van der Waals surface area contributed by atoms with Crippen LogP contribution in [-0.4, -0.2) is 28.3 Å². The number of carbonyl (C=O) groups excluding carboxylic acids is 1. The van der Waals surface area contributed by atoms with Gasteiger partial charge < -0.3 is 9.84 Å². The van der Waals surface area contributed by atoms with Crippen LogP contribution in [0, 0.1) is 6.92 Å². The molecule has 142 valence electrons. The molecule has 3 heterocycles. The SMILES string of the molecule is CCNC(=O)CC1N=C(c2ccc(Cl)cc2)c2ccncc2-c2c(C)noc21. The summed E-state index contributed by atoms with van der Waals surface area (Å²) in [5.41, 5.74) is 5.09. The largest absolute Gasteiger partial charge is 0.358 e. The van der Waals surface area contributed by atoms with Gasteiger partial charge >= 0.3 is 0 Å². The highest BCUT2D eigenvalue weighted by molar-refractivity contribution is 6.30. The monoisotopic (exact) mass is 394 g/mol. The average Bonchev–Trinajstić information content (AvgIpc) is 3.01. The van der Waals surface area contributed by atoms with Gasteiger partial charge in [-0.15, -0.1) is 0 Å². The van der Waals surface area contributed by atoms with Gasteiger partial charge in [-0.1, -0.05) is 28.9 Å². The third-order valence-corrected chi connectivity index (χ3v) is 4.94. The molecular formula is C21H19ClN4O2. The van der Waals surface area contributed by atoms with Crippen LogP contribution in [0.25, 0.3) is 11.1 Å². The molecule has 1 unspecified atom stereocenters. The number of aliphatic imine (C=N–C) groups is 1. The summed E-state index contributed by atoms with van der Waals surface area (Å²) in [6.07, 6.45) is 3.70. The lowest BCUT2D eigenvalue weighted by Crippen LogP contribution is -2.24. The fourth-order valence-electron chi connectivity index (χ4n) is 3.45. The van der Waals surface area contributed by atoms with Crippen LogP contribution in [0.3, 0.4) is 0 Å². The Balaban J connectivity index is 1.92. The first-order valence-electron chi connectivity index (χ1n) is 9.09. The Morgan fingerprint density at radius 3 is 2.75 bits per heavy atom. The lowest BCUT2D eigenvalue weighted by Gasteiger charge is -2.12. The van der Waals surface area contributed by atoms with E-state index in [1.165, 1.54) is 0 Å². The van der Waals surface area contributed by atoms with Crippen LogP contribution in [0.1, 0.15) is 42.0 Å². The van der Waals surface area contributed by atoms with Gasteiger partial charge in [0, 0.05) is 40.7 Å². The molecule has 4 rings (SSSR count). The van der Waals surface area contributed by atoms with Crippen LogP contribution in [0.5, 0.6) is 0 Å². The van der Waals surface area contributed by atoms with Crippen LogP contribution in [0.2, 0.25) is 5.02 Å². The Morgan fingerprint density at radius 1 is 1.21 bits per heavy atom. The molecule has 1 amide bonds. The number of hydrogen-bond donors (Lipinski definition) is 1. The molecule has 0 spiro atoms. The van der Waals surface area contributed by atoms with Crippen LogP contribution >= 0.6 is 11.6 Å². The lowest BCUT2D eigenvalue weighted by molar-refractivity contribution is -0.121. The topological polar surface area (TPSA) is 80.4 Å². The molecule has 7 heteroatoms. The van der Waals surface area contributed by atoms with Crippen molar-refractivity contribution in [3.8, 4) is 11.1 Å². The van der Waals surface area contributed by atoms with Crippen LogP contribution < -0.4 is 5.32 Å². The van der Waals surface area contributed by atoms with Crippen LogP contribution in [0.4, 0.5) is 0 Å². The van der Waals surface area contributed by atoms with E-state index in [0.29, 0.717) is 17.3 Å². The number of pyridine rings is 1. The molecule has 1 atom stereocenters. The van der Waals surface area contributed by atoms with Crippen LogP contribution in [-0.2, 0) is 4.79 Å². The molecular weight excluding hydrogens is 376 g/mol. The second kappa shape index (κ2) is 7.56. The maximum Gasteiger partial charge on any atom is 0.222 e. The highest BCUT2D eigenvalue weighted by atomic mass is 35.5. The Hall–Kier alpha value is -2.99. The number of benzene rings is 1. The van der Waals surface area contributed by atoms with E-state index in [9.17, 15) is 4.79 Å². The van der Waals surface area contributed by atoms with E-state index < -0.39 is 6.04 Å². The quantitative estimate of drug-likeness (QED) is 0.721. The standard InChI is InChI=1S/C21H19ClN4O2/c1-3-24-18(27)10-17-21-19(12(2)26-28-21)16-11-23-9-8-15(16)20(25-17)13-4-6-14(22)7-5-13/h4-9,11,17H,3,10H2,1-2H3,(H,24,27). The summed E-state index contributed by atoms with van der Waals surface area (Å²) in [7, 11) is 0. The average molecular weight is 395 g/mol. The molecule has 1 aliphatic heterocycles. The molecule has 0 saturated heterocycles. The normalized spacial score (nSPS) is 15.2. The third-order valence-electron chi connectivity index (χ3n) is 4.69. The van der Waals surface area contributed by atoms with Crippen molar-refractivity contribution >= 4 is 23.2 Å². The molecule has 0 bridgehead atoms. The van der Waals surface area contributed by atoms with Crippen molar-refractivity contribution in [1.82, 2.24) is 15.5 Å².